The number of amides is 2. The van der Waals surface area contributed by atoms with Crippen LogP contribution in [0.4, 0.5) is 11.4 Å². The summed E-state index contributed by atoms with van der Waals surface area (Å²) < 4.78 is 21.1. The molecule has 44 heavy (non-hydrogen) atoms. The number of amidine groups is 1. The number of ether oxygens (including phenoxy) is 4. The lowest BCUT2D eigenvalue weighted by Crippen LogP contribution is -2.23. The van der Waals surface area contributed by atoms with Gasteiger partial charge in [-0.05, 0) is 91.8 Å². The van der Waals surface area contributed by atoms with Crippen LogP contribution in [-0.2, 0) is 19.1 Å². The van der Waals surface area contributed by atoms with Crippen molar-refractivity contribution in [3.05, 3.63) is 88.3 Å². The molecular weight excluding hydrogens is 586 g/mol. The summed E-state index contributed by atoms with van der Waals surface area (Å²) in [5.41, 5.74) is 2.45. The molecule has 0 unspecified atom stereocenters. The van der Waals surface area contributed by atoms with E-state index >= 15 is 0 Å². The number of rotatable bonds is 11. The summed E-state index contributed by atoms with van der Waals surface area (Å²) in [6.45, 7) is 3.72. The Hall–Kier alpha value is -5.10. The summed E-state index contributed by atoms with van der Waals surface area (Å²) in [6.07, 6.45) is 1.71. The van der Waals surface area contributed by atoms with Crippen molar-refractivity contribution in [1.29, 1.82) is 0 Å². The molecule has 0 aromatic heterocycles. The van der Waals surface area contributed by atoms with Crippen LogP contribution in [0, 0.1) is 0 Å². The highest BCUT2D eigenvalue weighted by atomic mass is 32.2. The van der Waals surface area contributed by atoms with E-state index in [-0.39, 0.29) is 25.7 Å². The van der Waals surface area contributed by atoms with E-state index in [2.05, 4.69) is 10.3 Å². The van der Waals surface area contributed by atoms with Gasteiger partial charge in [0.15, 0.2) is 23.3 Å². The molecule has 1 heterocycles. The van der Waals surface area contributed by atoms with Crippen molar-refractivity contribution in [3.8, 4) is 11.5 Å². The first kappa shape index (κ1) is 31.8. The van der Waals surface area contributed by atoms with Crippen LogP contribution in [0.15, 0.2) is 76.6 Å². The summed E-state index contributed by atoms with van der Waals surface area (Å²) >= 11 is 1.20. The molecule has 11 nitrogen and oxygen atoms in total. The monoisotopic (exact) mass is 617 g/mol. The molecule has 0 bridgehead atoms. The average Bonchev–Trinajstić information content (AvgIpc) is 3.28. The van der Waals surface area contributed by atoms with Gasteiger partial charge in [0, 0.05) is 12.7 Å². The first-order chi connectivity index (χ1) is 21.2. The number of carbonyl (C=O) groups is 4. The zero-order chi connectivity index (χ0) is 31.6. The van der Waals surface area contributed by atoms with Gasteiger partial charge in [-0.25, -0.2) is 14.6 Å². The van der Waals surface area contributed by atoms with Gasteiger partial charge in [0.2, 0.25) is 0 Å². The number of hydrogen-bond acceptors (Lipinski definition) is 10. The van der Waals surface area contributed by atoms with E-state index in [0.29, 0.717) is 49.6 Å². The second-order valence-corrected chi connectivity index (χ2v) is 10.2. The van der Waals surface area contributed by atoms with E-state index < -0.39 is 17.8 Å². The van der Waals surface area contributed by atoms with Crippen LogP contribution in [-0.4, -0.2) is 67.8 Å². The fraction of sp³-hybridized carbons (Fsp3) is 0.219. The Morgan fingerprint density at radius 1 is 0.909 bits per heavy atom. The van der Waals surface area contributed by atoms with E-state index in [0.717, 1.165) is 0 Å². The average molecular weight is 618 g/mol. The van der Waals surface area contributed by atoms with Gasteiger partial charge in [-0.15, -0.1) is 0 Å². The highest BCUT2D eigenvalue weighted by Crippen LogP contribution is 2.35. The SMILES string of the molecule is CCOC(=O)c1ccc(NC(=O)COc2ccc(C=C3SC(=Nc4cccc(C(=O)OCC)c4)N(C)C3=O)cc2OC)cc1. The van der Waals surface area contributed by atoms with Crippen molar-refractivity contribution < 1.29 is 38.1 Å². The number of esters is 2. The largest absolute Gasteiger partial charge is 0.493 e. The molecular formula is C32H31N3O8S. The molecule has 0 saturated carbocycles. The Kier molecular flexibility index (Phi) is 10.8. The van der Waals surface area contributed by atoms with Crippen LogP contribution < -0.4 is 14.8 Å². The summed E-state index contributed by atoms with van der Waals surface area (Å²) in [5, 5.41) is 3.16. The number of carbonyl (C=O) groups excluding carboxylic acids is 4. The van der Waals surface area contributed by atoms with Gasteiger partial charge >= 0.3 is 11.9 Å². The molecule has 0 radical (unpaired) electrons. The van der Waals surface area contributed by atoms with E-state index in [1.165, 1.54) is 23.8 Å². The number of aliphatic imine (C=N–C) groups is 1. The molecule has 1 saturated heterocycles. The number of anilines is 1. The van der Waals surface area contributed by atoms with Crippen molar-refractivity contribution in [2.75, 3.05) is 39.3 Å². The second kappa shape index (κ2) is 14.9. The Morgan fingerprint density at radius 2 is 1.61 bits per heavy atom. The maximum atomic E-state index is 13.0. The zero-order valence-electron chi connectivity index (χ0n) is 24.6. The predicted octanol–water partition coefficient (Wildman–Crippen LogP) is 5.30. The number of benzene rings is 3. The molecule has 1 aliphatic heterocycles. The first-order valence-electron chi connectivity index (χ1n) is 13.6. The summed E-state index contributed by atoms with van der Waals surface area (Å²) in [4.78, 5) is 55.7. The molecule has 1 fully saturated rings. The van der Waals surface area contributed by atoms with Gasteiger partial charge in [0.1, 0.15) is 0 Å². The molecule has 0 spiro atoms. The minimum absolute atomic E-state index is 0.235. The molecule has 228 valence electrons. The lowest BCUT2D eigenvalue weighted by atomic mass is 10.2. The predicted molar refractivity (Wildman–Crippen MR) is 167 cm³/mol. The third-order valence-electron chi connectivity index (χ3n) is 6.11. The van der Waals surface area contributed by atoms with Gasteiger partial charge in [0.05, 0.1) is 42.0 Å². The molecule has 12 heteroatoms. The standard InChI is InChI=1S/C32H31N3O8S/c1-5-41-30(38)21-11-13-23(14-12-21)33-28(36)19-43-25-15-10-20(16-26(25)40-4)17-27-29(37)35(3)32(44-27)34-24-9-7-8-22(18-24)31(39)42-6-2/h7-18H,5-6,19H2,1-4H3,(H,33,36). The van der Waals surface area contributed by atoms with Gasteiger partial charge < -0.3 is 24.3 Å². The minimum Gasteiger partial charge on any atom is -0.493 e. The molecule has 4 rings (SSSR count). The minimum atomic E-state index is -0.442. The Morgan fingerprint density at radius 3 is 2.30 bits per heavy atom. The molecule has 0 atom stereocenters. The van der Waals surface area contributed by atoms with Crippen molar-refractivity contribution in [1.82, 2.24) is 4.90 Å². The number of nitrogens with one attached hydrogen (secondary N) is 1. The van der Waals surface area contributed by atoms with Crippen LogP contribution in [0.2, 0.25) is 0 Å². The van der Waals surface area contributed by atoms with Crippen LogP contribution >= 0.6 is 11.8 Å². The van der Waals surface area contributed by atoms with Gasteiger partial charge in [-0.3, -0.25) is 14.5 Å². The number of nitrogens with zero attached hydrogens (tertiary/aromatic N) is 2. The van der Waals surface area contributed by atoms with Crippen LogP contribution in [0.25, 0.3) is 6.08 Å². The summed E-state index contributed by atoms with van der Waals surface area (Å²) in [6, 6.07) is 18.1. The lowest BCUT2D eigenvalue weighted by molar-refractivity contribution is -0.121. The fourth-order valence-corrected chi connectivity index (χ4v) is 4.95. The topological polar surface area (TPSA) is 133 Å². The highest BCUT2D eigenvalue weighted by molar-refractivity contribution is 8.18. The van der Waals surface area contributed by atoms with Gasteiger partial charge in [-0.1, -0.05) is 12.1 Å². The molecule has 1 aliphatic rings. The number of methoxy groups -OCH3 is 1. The summed E-state index contributed by atoms with van der Waals surface area (Å²) in [7, 11) is 3.10. The number of thioether (sulfide) groups is 1. The van der Waals surface area contributed by atoms with Crippen molar-refractivity contribution in [2.45, 2.75) is 13.8 Å². The molecule has 3 aromatic rings. The third kappa shape index (κ3) is 8.04. The smallest absolute Gasteiger partial charge is 0.338 e. The molecule has 2 amide bonds. The second-order valence-electron chi connectivity index (χ2n) is 9.18. The summed E-state index contributed by atoms with van der Waals surface area (Å²) in [5.74, 6) is -0.801. The van der Waals surface area contributed by atoms with Crippen molar-refractivity contribution in [3.63, 3.8) is 0 Å². The van der Waals surface area contributed by atoms with E-state index in [1.807, 2.05) is 0 Å². The highest BCUT2D eigenvalue weighted by Gasteiger charge is 2.30. The lowest BCUT2D eigenvalue weighted by Gasteiger charge is -2.12. The number of hydrogen-bond donors (Lipinski definition) is 1. The van der Waals surface area contributed by atoms with Gasteiger partial charge in [0.25, 0.3) is 11.8 Å². The van der Waals surface area contributed by atoms with Crippen molar-refractivity contribution >= 4 is 58.1 Å². The van der Waals surface area contributed by atoms with Crippen LogP contribution in [0.3, 0.4) is 0 Å². The van der Waals surface area contributed by atoms with E-state index in [9.17, 15) is 19.2 Å². The Bertz CT molecular complexity index is 1620. The van der Waals surface area contributed by atoms with Crippen LogP contribution in [0.1, 0.15) is 40.1 Å². The van der Waals surface area contributed by atoms with Gasteiger partial charge in [-0.2, -0.15) is 0 Å². The molecule has 1 N–H and O–H groups in total. The first-order valence-corrected chi connectivity index (χ1v) is 14.4. The molecule has 3 aromatic carbocycles. The maximum absolute atomic E-state index is 13.0. The van der Waals surface area contributed by atoms with E-state index in [1.54, 1.807) is 93.7 Å². The maximum Gasteiger partial charge on any atom is 0.338 e. The van der Waals surface area contributed by atoms with Crippen molar-refractivity contribution in [2.24, 2.45) is 4.99 Å². The van der Waals surface area contributed by atoms with Crippen LogP contribution in [0.5, 0.6) is 11.5 Å². The normalized spacial score (nSPS) is 14.5. The zero-order valence-corrected chi connectivity index (χ0v) is 25.4. The molecule has 0 aliphatic carbocycles. The third-order valence-corrected chi connectivity index (χ3v) is 7.17. The van der Waals surface area contributed by atoms with E-state index in [4.69, 9.17) is 18.9 Å². The Labute approximate surface area is 258 Å². The fourth-order valence-electron chi connectivity index (χ4n) is 3.97. The Balaban J connectivity index is 1.40. The number of likely N-dealkylation sites (N-methyl/N-ethyl adjacent to an activating group) is 1. The quantitative estimate of drug-likeness (QED) is 0.225.